The summed E-state index contributed by atoms with van der Waals surface area (Å²) >= 11 is 0. The maximum atomic E-state index is 12.0. The van der Waals surface area contributed by atoms with Gasteiger partial charge < -0.3 is 15.8 Å². The van der Waals surface area contributed by atoms with Crippen LogP contribution in [-0.2, 0) is 11.4 Å². The van der Waals surface area contributed by atoms with Gasteiger partial charge in [-0.15, -0.1) is 0 Å². The number of anilines is 1. The Balaban J connectivity index is 1.52. The highest BCUT2D eigenvalue weighted by atomic mass is 16.5. The minimum atomic E-state index is -0.506. The van der Waals surface area contributed by atoms with Crippen LogP contribution in [0.2, 0.25) is 0 Å². The van der Waals surface area contributed by atoms with Gasteiger partial charge in [-0.05, 0) is 53.6 Å². The lowest BCUT2D eigenvalue weighted by atomic mass is 10.2. The molecule has 2 amide bonds. The first-order chi connectivity index (χ1) is 13.6. The van der Waals surface area contributed by atoms with Crippen LogP contribution >= 0.6 is 0 Å². The lowest BCUT2D eigenvalue weighted by Crippen LogP contribution is -2.11. The molecule has 0 aliphatic heterocycles. The second kappa shape index (κ2) is 9.19. The van der Waals surface area contributed by atoms with Gasteiger partial charge in [-0.25, -0.2) is 0 Å². The Labute approximate surface area is 163 Å². The quantitative estimate of drug-likeness (QED) is 0.615. The molecule has 28 heavy (non-hydrogen) atoms. The summed E-state index contributed by atoms with van der Waals surface area (Å²) in [4.78, 5) is 23.1. The Morgan fingerprint density at radius 2 is 1.57 bits per heavy atom. The SMILES string of the molecule is NC(=O)c1ccc(NC(=O)/C=C/c2ccc(OCc3ccccc3)cc2)cc1. The van der Waals surface area contributed by atoms with E-state index in [0.29, 0.717) is 17.9 Å². The second-order valence-electron chi connectivity index (χ2n) is 6.11. The molecule has 0 spiro atoms. The van der Waals surface area contributed by atoms with E-state index in [2.05, 4.69) is 5.32 Å². The number of carbonyl (C=O) groups excluding carboxylic acids is 2. The Hall–Kier alpha value is -3.86. The molecule has 0 aromatic heterocycles. The van der Waals surface area contributed by atoms with Crippen LogP contribution in [0.25, 0.3) is 6.08 Å². The normalized spacial score (nSPS) is 10.6. The van der Waals surface area contributed by atoms with Gasteiger partial charge in [-0.2, -0.15) is 0 Å². The van der Waals surface area contributed by atoms with Crippen LogP contribution in [0.15, 0.2) is 84.9 Å². The molecule has 0 saturated heterocycles. The van der Waals surface area contributed by atoms with Crippen molar-refractivity contribution in [2.75, 3.05) is 5.32 Å². The van der Waals surface area contributed by atoms with Gasteiger partial charge in [-0.3, -0.25) is 9.59 Å². The van der Waals surface area contributed by atoms with Crippen molar-refractivity contribution in [2.24, 2.45) is 5.73 Å². The van der Waals surface area contributed by atoms with Crippen molar-refractivity contribution < 1.29 is 14.3 Å². The summed E-state index contributed by atoms with van der Waals surface area (Å²) in [5.74, 6) is -0.00908. The highest BCUT2D eigenvalue weighted by Gasteiger charge is 2.02. The molecule has 3 aromatic carbocycles. The second-order valence-corrected chi connectivity index (χ2v) is 6.11. The molecule has 3 aromatic rings. The maximum absolute atomic E-state index is 12.0. The number of rotatable bonds is 7. The van der Waals surface area contributed by atoms with Gasteiger partial charge in [0, 0.05) is 17.3 Å². The Bertz CT molecular complexity index is 963. The number of nitrogens with two attached hydrogens (primary N) is 1. The molecule has 0 saturated carbocycles. The maximum Gasteiger partial charge on any atom is 0.248 e. The van der Waals surface area contributed by atoms with E-state index in [0.717, 1.165) is 16.9 Å². The molecular weight excluding hydrogens is 352 g/mol. The highest BCUT2D eigenvalue weighted by molar-refractivity contribution is 6.02. The molecule has 3 N–H and O–H groups in total. The number of amides is 2. The lowest BCUT2D eigenvalue weighted by Gasteiger charge is -2.06. The summed E-state index contributed by atoms with van der Waals surface area (Å²) in [6.45, 7) is 0.507. The first-order valence-electron chi connectivity index (χ1n) is 8.76. The average molecular weight is 372 g/mol. The summed E-state index contributed by atoms with van der Waals surface area (Å²) in [7, 11) is 0. The van der Waals surface area contributed by atoms with Crippen LogP contribution in [0.3, 0.4) is 0 Å². The molecule has 0 bridgehead atoms. The zero-order chi connectivity index (χ0) is 19.8. The number of nitrogens with one attached hydrogen (secondary N) is 1. The van der Waals surface area contributed by atoms with Crippen LogP contribution < -0.4 is 15.8 Å². The molecule has 0 radical (unpaired) electrons. The van der Waals surface area contributed by atoms with Crippen LogP contribution in [0, 0.1) is 0 Å². The summed E-state index contributed by atoms with van der Waals surface area (Å²) < 4.78 is 5.74. The van der Waals surface area contributed by atoms with E-state index < -0.39 is 5.91 Å². The van der Waals surface area contributed by atoms with Crippen molar-refractivity contribution >= 4 is 23.6 Å². The van der Waals surface area contributed by atoms with E-state index in [4.69, 9.17) is 10.5 Å². The molecule has 0 aliphatic rings. The van der Waals surface area contributed by atoms with E-state index in [1.54, 1.807) is 30.3 Å². The number of ether oxygens (including phenoxy) is 1. The minimum absolute atomic E-state index is 0.267. The molecule has 0 atom stereocenters. The van der Waals surface area contributed by atoms with E-state index in [1.165, 1.54) is 6.08 Å². The zero-order valence-corrected chi connectivity index (χ0v) is 15.2. The van der Waals surface area contributed by atoms with E-state index in [1.807, 2.05) is 54.6 Å². The van der Waals surface area contributed by atoms with Crippen LogP contribution in [0.1, 0.15) is 21.5 Å². The standard InChI is InChI=1S/C23H20N2O3/c24-23(27)19-9-11-20(12-10-19)25-22(26)15-8-17-6-13-21(14-7-17)28-16-18-4-2-1-3-5-18/h1-15H,16H2,(H2,24,27)(H,25,26)/b15-8+. The molecule has 0 fully saturated rings. The predicted octanol–water partition coefficient (Wildman–Crippen LogP) is 4.02. The zero-order valence-electron chi connectivity index (χ0n) is 15.2. The largest absolute Gasteiger partial charge is 0.489 e. The van der Waals surface area contributed by atoms with Crippen molar-refractivity contribution in [3.8, 4) is 5.75 Å². The van der Waals surface area contributed by atoms with Crippen molar-refractivity contribution in [3.63, 3.8) is 0 Å². The van der Waals surface area contributed by atoms with Crippen LogP contribution in [0.4, 0.5) is 5.69 Å². The third-order valence-corrected chi connectivity index (χ3v) is 3.99. The first kappa shape index (κ1) is 18.9. The monoisotopic (exact) mass is 372 g/mol. The molecule has 5 nitrogen and oxygen atoms in total. The number of primary amides is 1. The molecular formula is C23H20N2O3. The molecule has 0 aliphatic carbocycles. The molecule has 5 heteroatoms. The van der Waals surface area contributed by atoms with Crippen molar-refractivity contribution in [2.45, 2.75) is 6.61 Å². The number of carbonyl (C=O) groups is 2. The summed E-state index contributed by atoms with van der Waals surface area (Å²) in [6.07, 6.45) is 3.16. The highest BCUT2D eigenvalue weighted by Crippen LogP contribution is 2.15. The van der Waals surface area contributed by atoms with E-state index >= 15 is 0 Å². The lowest BCUT2D eigenvalue weighted by molar-refractivity contribution is -0.111. The Morgan fingerprint density at radius 1 is 0.893 bits per heavy atom. The van der Waals surface area contributed by atoms with Gasteiger partial charge in [0.05, 0.1) is 0 Å². The van der Waals surface area contributed by atoms with Crippen LogP contribution in [-0.4, -0.2) is 11.8 Å². The third kappa shape index (κ3) is 5.57. The van der Waals surface area contributed by atoms with Crippen LogP contribution in [0.5, 0.6) is 5.75 Å². The van der Waals surface area contributed by atoms with E-state index in [9.17, 15) is 9.59 Å². The Morgan fingerprint density at radius 3 is 2.21 bits per heavy atom. The van der Waals surface area contributed by atoms with Gasteiger partial charge in [-0.1, -0.05) is 42.5 Å². The Kier molecular flexibility index (Phi) is 6.21. The van der Waals surface area contributed by atoms with Gasteiger partial charge in [0.25, 0.3) is 0 Å². The van der Waals surface area contributed by atoms with Gasteiger partial charge in [0.2, 0.25) is 11.8 Å². The summed E-state index contributed by atoms with van der Waals surface area (Å²) in [5.41, 5.74) is 8.15. The number of benzene rings is 3. The topological polar surface area (TPSA) is 81.4 Å². The molecule has 140 valence electrons. The number of hydrogen-bond acceptors (Lipinski definition) is 3. The van der Waals surface area contributed by atoms with Crippen molar-refractivity contribution in [1.82, 2.24) is 0 Å². The molecule has 3 rings (SSSR count). The summed E-state index contributed by atoms with van der Waals surface area (Å²) in [6, 6.07) is 23.8. The van der Waals surface area contributed by atoms with Crippen molar-refractivity contribution in [1.29, 1.82) is 0 Å². The van der Waals surface area contributed by atoms with E-state index in [-0.39, 0.29) is 5.91 Å². The molecule has 0 heterocycles. The number of hydrogen-bond donors (Lipinski definition) is 2. The fourth-order valence-electron chi connectivity index (χ4n) is 2.49. The van der Waals surface area contributed by atoms with Gasteiger partial charge in [0.1, 0.15) is 12.4 Å². The fraction of sp³-hybridized carbons (Fsp3) is 0.0435. The molecule has 0 unspecified atom stereocenters. The third-order valence-electron chi connectivity index (χ3n) is 3.99. The predicted molar refractivity (Wildman–Crippen MR) is 110 cm³/mol. The first-order valence-corrected chi connectivity index (χ1v) is 8.76. The van der Waals surface area contributed by atoms with Crippen molar-refractivity contribution in [3.05, 3.63) is 102 Å². The van der Waals surface area contributed by atoms with Gasteiger partial charge >= 0.3 is 0 Å². The van der Waals surface area contributed by atoms with Gasteiger partial charge in [0.15, 0.2) is 0 Å². The summed E-state index contributed by atoms with van der Waals surface area (Å²) in [5, 5.41) is 2.73. The minimum Gasteiger partial charge on any atom is -0.489 e. The average Bonchev–Trinajstić information content (AvgIpc) is 2.72. The fourth-order valence-corrected chi connectivity index (χ4v) is 2.49. The smallest absolute Gasteiger partial charge is 0.248 e.